The first-order chi connectivity index (χ1) is 9.19. The van der Waals surface area contributed by atoms with Crippen LogP contribution in [0.2, 0.25) is 0 Å². The molecule has 0 amide bonds. The fourth-order valence-electron chi connectivity index (χ4n) is 3.46. The quantitative estimate of drug-likeness (QED) is 0.907. The molecule has 2 aliphatic rings. The largest absolute Gasteiger partial charge is 0.356 e. The zero-order valence-corrected chi connectivity index (χ0v) is 12.2. The van der Waals surface area contributed by atoms with Gasteiger partial charge in [-0.15, -0.1) is 0 Å². The predicted octanol–water partition coefficient (Wildman–Crippen LogP) is 2.51. The summed E-state index contributed by atoms with van der Waals surface area (Å²) in [5, 5.41) is 0. The van der Waals surface area contributed by atoms with E-state index < -0.39 is 0 Å². The van der Waals surface area contributed by atoms with Gasteiger partial charge in [-0.05, 0) is 49.1 Å². The number of aryl methyl sites for hydroxylation is 2. The summed E-state index contributed by atoms with van der Waals surface area (Å²) in [6.07, 6.45) is 4.88. The lowest BCUT2D eigenvalue weighted by Crippen LogP contribution is -2.24. The Morgan fingerprint density at radius 1 is 1.42 bits per heavy atom. The monoisotopic (exact) mass is 259 g/mol. The first-order valence-corrected chi connectivity index (χ1v) is 7.65. The molecule has 0 bridgehead atoms. The van der Waals surface area contributed by atoms with Crippen LogP contribution < -0.4 is 10.6 Å². The molecule has 1 aliphatic carbocycles. The molecule has 1 aliphatic heterocycles. The first kappa shape index (κ1) is 12.9. The van der Waals surface area contributed by atoms with Crippen LogP contribution in [0, 0.1) is 11.8 Å². The summed E-state index contributed by atoms with van der Waals surface area (Å²) in [6, 6.07) is 2.31. The SMILES string of the molecule is CC(C)C1CCN(c2nc3c(cc2CN)CCC3)C1. The molecule has 1 aromatic heterocycles. The van der Waals surface area contributed by atoms with E-state index in [0.717, 1.165) is 31.3 Å². The highest BCUT2D eigenvalue weighted by Crippen LogP contribution is 2.32. The van der Waals surface area contributed by atoms with Crippen molar-refractivity contribution in [3.63, 3.8) is 0 Å². The van der Waals surface area contributed by atoms with Gasteiger partial charge in [0.25, 0.3) is 0 Å². The van der Waals surface area contributed by atoms with E-state index in [4.69, 9.17) is 10.7 Å². The van der Waals surface area contributed by atoms with Crippen molar-refractivity contribution in [1.82, 2.24) is 4.98 Å². The second kappa shape index (κ2) is 5.12. The molecule has 1 atom stereocenters. The first-order valence-electron chi connectivity index (χ1n) is 7.65. The number of nitrogens with zero attached hydrogens (tertiary/aromatic N) is 2. The third-order valence-electron chi connectivity index (χ3n) is 4.79. The Bertz CT molecular complexity index is 467. The van der Waals surface area contributed by atoms with Crippen molar-refractivity contribution >= 4 is 5.82 Å². The molecule has 3 heteroatoms. The van der Waals surface area contributed by atoms with Crippen LogP contribution in [0.3, 0.4) is 0 Å². The molecular weight excluding hydrogens is 234 g/mol. The number of aromatic nitrogens is 1. The van der Waals surface area contributed by atoms with Crippen LogP contribution in [0.5, 0.6) is 0 Å². The van der Waals surface area contributed by atoms with Crippen LogP contribution in [0.15, 0.2) is 6.07 Å². The van der Waals surface area contributed by atoms with Crippen molar-refractivity contribution in [3.05, 3.63) is 22.9 Å². The lowest BCUT2D eigenvalue weighted by atomic mass is 9.95. The van der Waals surface area contributed by atoms with Crippen molar-refractivity contribution in [2.24, 2.45) is 17.6 Å². The molecule has 3 nitrogen and oxygen atoms in total. The molecule has 2 N–H and O–H groups in total. The highest BCUT2D eigenvalue weighted by atomic mass is 15.2. The van der Waals surface area contributed by atoms with Crippen molar-refractivity contribution in [2.45, 2.75) is 46.1 Å². The summed E-state index contributed by atoms with van der Waals surface area (Å²) in [5.41, 5.74) is 9.93. The van der Waals surface area contributed by atoms with Crippen molar-refractivity contribution in [3.8, 4) is 0 Å². The van der Waals surface area contributed by atoms with Gasteiger partial charge in [-0.2, -0.15) is 0 Å². The van der Waals surface area contributed by atoms with E-state index in [1.807, 2.05) is 0 Å². The van der Waals surface area contributed by atoms with Gasteiger partial charge in [0.05, 0.1) is 0 Å². The minimum absolute atomic E-state index is 0.610. The highest BCUT2D eigenvalue weighted by molar-refractivity contribution is 5.51. The van der Waals surface area contributed by atoms with Crippen LogP contribution in [-0.4, -0.2) is 18.1 Å². The van der Waals surface area contributed by atoms with E-state index in [-0.39, 0.29) is 0 Å². The second-order valence-electron chi connectivity index (χ2n) is 6.37. The Hall–Kier alpha value is -1.09. The molecule has 1 saturated heterocycles. The maximum Gasteiger partial charge on any atom is 0.133 e. The summed E-state index contributed by atoms with van der Waals surface area (Å²) < 4.78 is 0. The van der Waals surface area contributed by atoms with Gasteiger partial charge < -0.3 is 10.6 Å². The summed E-state index contributed by atoms with van der Waals surface area (Å²) in [6.45, 7) is 7.55. The smallest absolute Gasteiger partial charge is 0.133 e. The third kappa shape index (κ3) is 2.36. The van der Waals surface area contributed by atoms with Crippen LogP contribution in [-0.2, 0) is 19.4 Å². The number of rotatable bonds is 3. The van der Waals surface area contributed by atoms with Crippen molar-refractivity contribution in [2.75, 3.05) is 18.0 Å². The normalized spacial score (nSPS) is 22.3. The number of nitrogens with two attached hydrogens (primary N) is 1. The molecule has 1 unspecified atom stereocenters. The number of fused-ring (bicyclic) bond motifs is 1. The summed E-state index contributed by atoms with van der Waals surface area (Å²) in [5.74, 6) is 2.74. The van der Waals surface area contributed by atoms with Crippen LogP contribution in [0.1, 0.15) is 43.5 Å². The predicted molar refractivity (Wildman–Crippen MR) is 79.3 cm³/mol. The molecule has 1 fully saturated rings. The number of hydrogen-bond donors (Lipinski definition) is 1. The van der Waals surface area contributed by atoms with Crippen LogP contribution in [0.25, 0.3) is 0 Å². The lowest BCUT2D eigenvalue weighted by Gasteiger charge is -2.22. The van der Waals surface area contributed by atoms with E-state index in [2.05, 4.69) is 24.8 Å². The maximum absolute atomic E-state index is 5.94. The molecule has 3 rings (SSSR count). The Morgan fingerprint density at radius 3 is 2.95 bits per heavy atom. The summed E-state index contributed by atoms with van der Waals surface area (Å²) >= 11 is 0. The average Bonchev–Trinajstić information content (AvgIpc) is 3.05. The lowest BCUT2D eigenvalue weighted by molar-refractivity contribution is 0.422. The fraction of sp³-hybridized carbons (Fsp3) is 0.688. The topological polar surface area (TPSA) is 42.2 Å². The zero-order valence-electron chi connectivity index (χ0n) is 12.2. The number of hydrogen-bond acceptors (Lipinski definition) is 3. The molecule has 0 radical (unpaired) electrons. The molecule has 19 heavy (non-hydrogen) atoms. The van der Waals surface area contributed by atoms with Crippen LogP contribution in [0.4, 0.5) is 5.82 Å². The molecular formula is C16H25N3. The summed E-state index contributed by atoms with van der Waals surface area (Å²) in [4.78, 5) is 7.41. The molecule has 104 valence electrons. The van der Waals surface area contributed by atoms with Gasteiger partial charge >= 0.3 is 0 Å². The van der Waals surface area contributed by atoms with Gasteiger partial charge in [0.1, 0.15) is 5.82 Å². The van der Waals surface area contributed by atoms with Crippen molar-refractivity contribution < 1.29 is 0 Å². The van der Waals surface area contributed by atoms with Gasteiger partial charge in [0, 0.05) is 30.9 Å². The molecule has 1 aromatic rings. The average molecular weight is 259 g/mol. The van der Waals surface area contributed by atoms with E-state index in [0.29, 0.717) is 6.54 Å². The summed E-state index contributed by atoms with van der Waals surface area (Å²) in [7, 11) is 0. The standard InChI is InChI=1S/C16H25N3/c1-11(2)13-6-7-19(10-13)16-14(9-17)8-12-4-3-5-15(12)18-16/h8,11,13H,3-7,9-10,17H2,1-2H3. The van der Waals surface area contributed by atoms with Crippen LogP contribution >= 0.6 is 0 Å². The number of pyridine rings is 1. The Balaban J connectivity index is 1.88. The van der Waals surface area contributed by atoms with E-state index in [9.17, 15) is 0 Å². The van der Waals surface area contributed by atoms with E-state index in [1.165, 1.54) is 41.9 Å². The number of anilines is 1. The zero-order chi connectivity index (χ0) is 13.4. The van der Waals surface area contributed by atoms with Gasteiger partial charge in [-0.3, -0.25) is 0 Å². The molecule has 0 aromatic carbocycles. The fourth-order valence-corrected chi connectivity index (χ4v) is 3.46. The van der Waals surface area contributed by atoms with Crippen molar-refractivity contribution in [1.29, 1.82) is 0 Å². The Kier molecular flexibility index (Phi) is 3.48. The van der Waals surface area contributed by atoms with Gasteiger partial charge in [0.2, 0.25) is 0 Å². The maximum atomic E-state index is 5.94. The second-order valence-corrected chi connectivity index (χ2v) is 6.37. The molecule has 2 heterocycles. The molecule has 0 spiro atoms. The minimum atomic E-state index is 0.610. The Morgan fingerprint density at radius 2 is 2.26 bits per heavy atom. The third-order valence-corrected chi connectivity index (χ3v) is 4.79. The highest BCUT2D eigenvalue weighted by Gasteiger charge is 2.28. The van der Waals surface area contributed by atoms with Gasteiger partial charge in [-0.1, -0.05) is 13.8 Å². The van der Waals surface area contributed by atoms with Gasteiger partial charge in [-0.25, -0.2) is 4.98 Å². The minimum Gasteiger partial charge on any atom is -0.356 e. The van der Waals surface area contributed by atoms with Gasteiger partial charge in [0.15, 0.2) is 0 Å². The van der Waals surface area contributed by atoms with E-state index >= 15 is 0 Å². The Labute approximate surface area is 116 Å². The molecule has 0 saturated carbocycles. The van der Waals surface area contributed by atoms with E-state index in [1.54, 1.807) is 0 Å².